The summed E-state index contributed by atoms with van der Waals surface area (Å²) in [6.45, 7) is 3.60. The highest BCUT2D eigenvalue weighted by atomic mass is 16.5. The molecule has 1 aliphatic heterocycles. The van der Waals surface area contributed by atoms with E-state index in [0.717, 1.165) is 19.4 Å². The molecule has 1 unspecified atom stereocenters. The number of carbonyl (C=O) groups is 1. The average molecular weight is 293 g/mol. The number of esters is 1. The molecule has 1 fully saturated rings. The van der Waals surface area contributed by atoms with Crippen LogP contribution in [0.1, 0.15) is 36.5 Å². The maximum Gasteiger partial charge on any atom is 0.341 e. The predicted molar refractivity (Wildman–Crippen MR) is 81.5 cm³/mol. The Kier molecular flexibility index (Phi) is 5.38. The molecule has 2 N–H and O–H groups in total. The molecule has 0 radical (unpaired) electrons. The van der Waals surface area contributed by atoms with Gasteiger partial charge in [0, 0.05) is 20.2 Å². The molecule has 0 bridgehead atoms. The summed E-state index contributed by atoms with van der Waals surface area (Å²) in [6.07, 6.45) is 5.06. The van der Waals surface area contributed by atoms with E-state index >= 15 is 0 Å². The number of aromatic nitrogens is 1. The van der Waals surface area contributed by atoms with Crippen molar-refractivity contribution in [2.75, 3.05) is 37.4 Å². The van der Waals surface area contributed by atoms with Crippen molar-refractivity contribution >= 4 is 17.5 Å². The van der Waals surface area contributed by atoms with Gasteiger partial charge in [-0.1, -0.05) is 0 Å². The minimum absolute atomic E-state index is 0.179. The first-order chi connectivity index (χ1) is 10.1. The van der Waals surface area contributed by atoms with Crippen molar-refractivity contribution in [3.8, 4) is 0 Å². The van der Waals surface area contributed by atoms with Gasteiger partial charge >= 0.3 is 5.97 Å². The van der Waals surface area contributed by atoms with Crippen LogP contribution in [0.5, 0.6) is 0 Å². The molecule has 0 aromatic carbocycles. The van der Waals surface area contributed by atoms with E-state index in [9.17, 15) is 4.79 Å². The Morgan fingerprint density at radius 1 is 1.57 bits per heavy atom. The molecule has 1 aromatic heterocycles. The molecule has 21 heavy (non-hydrogen) atoms. The van der Waals surface area contributed by atoms with E-state index in [1.54, 1.807) is 19.2 Å². The molecule has 0 aliphatic carbocycles. The van der Waals surface area contributed by atoms with Crippen LogP contribution in [0.2, 0.25) is 0 Å². The molecule has 0 amide bonds. The lowest BCUT2D eigenvalue weighted by atomic mass is 10.1. The van der Waals surface area contributed by atoms with Crippen molar-refractivity contribution in [2.24, 2.45) is 0 Å². The molecular formula is C15H23N3O3. The standard InChI is InChI=1S/C15H23N3O3/c1-3-20-15(19)13-8-11(16)9-17-14(13)18(2)10-12-6-4-5-7-21-12/h8-9,12H,3-7,10,16H2,1-2H3. The largest absolute Gasteiger partial charge is 0.462 e. The summed E-state index contributed by atoms with van der Waals surface area (Å²) in [6, 6.07) is 1.61. The van der Waals surface area contributed by atoms with Gasteiger partial charge in [0.15, 0.2) is 0 Å². The number of rotatable bonds is 5. The van der Waals surface area contributed by atoms with Gasteiger partial charge in [0.2, 0.25) is 0 Å². The molecule has 1 atom stereocenters. The fourth-order valence-corrected chi connectivity index (χ4v) is 2.48. The molecular weight excluding hydrogens is 270 g/mol. The smallest absolute Gasteiger partial charge is 0.341 e. The molecule has 116 valence electrons. The Hall–Kier alpha value is -1.82. The lowest BCUT2D eigenvalue weighted by molar-refractivity contribution is 0.0214. The Balaban J connectivity index is 2.14. The van der Waals surface area contributed by atoms with Crippen LogP contribution in [0.15, 0.2) is 12.3 Å². The average Bonchev–Trinajstić information content (AvgIpc) is 2.48. The second-order valence-electron chi connectivity index (χ2n) is 5.23. The first-order valence-electron chi connectivity index (χ1n) is 7.37. The van der Waals surface area contributed by atoms with Crippen molar-refractivity contribution in [3.05, 3.63) is 17.8 Å². The van der Waals surface area contributed by atoms with Gasteiger partial charge in [0.1, 0.15) is 11.4 Å². The normalized spacial score (nSPS) is 18.3. The zero-order valence-corrected chi connectivity index (χ0v) is 12.7. The van der Waals surface area contributed by atoms with Crippen LogP contribution in [-0.2, 0) is 9.47 Å². The number of carbonyl (C=O) groups excluding carboxylic acids is 1. The minimum atomic E-state index is -0.399. The number of nitrogen functional groups attached to an aromatic ring is 1. The first-order valence-corrected chi connectivity index (χ1v) is 7.37. The number of nitrogens with two attached hydrogens (primary N) is 1. The third-order valence-corrected chi connectivity index (χ3v) is 3.50. The van der Waals surface area contributed by atoms with Crippen LogP contribution in [0, 0.1) is 0 Å². The molecule has 1 saturated heterocycles. The van der Waals surface area contributed by atoms with Gasteiger partial charge in [-0.25, -0.2) is 9.78 Å². The van der Waals surface area contributed by atoms with Crippen LogP contribution in [0.25, 0.3) is 0 Å². The molecule has 2 rings (SSSR count). The fourth-order valence-electron chi connectivity index (χ4n) is 2.48. The minimum Gasteiger partial charge on any atom is -0.462 e. The summed E-state index contributed by atoms with van der Waals surface area (Å²) >= 11 is 0. The van der Waals surface area contributed by atoms with Crippen molar-refractivity contribution < 1.29 is 14.3 Å². The van der Waals surface area contributed by atoms with E-state index < -0.39 is 5.97 Å². The van der Waals surface area contributed by atoms with Crippen LogP contribution in [0.4, 0.5) is 11.5 Å². The molecule has 0 spiro atoms. The van der Waals surface area contributed by atoms with Gasteiger partial charge in [0.25, 0.3) is 0 Å². The Morgan fingerprint density at radius 2 is 2.38 bits per heavy atom. The van der Waals surface area contributed by atoms with Gasteiger partial charge in [-0.15, -0.1) is 0 Å². The predicted octanol–water partition coefficient (Wildman–Crippen LogP) is 1.85. The monoisotopic (exact) mass is 293 g/mol. The summed E-state index contributed by atoms with van der Waals surface area (Å²) < 4.78 is 10.8. The van der Waals surface area contributed by atoms with Crippen LogP contribution in [0.3, 0.4) is 0 Å². The van der Waals surface area contributed by atoms with Gasteiger partial charge in [0.05, 0.1) is 24.6 Å². The highest BCUT2D eigenvalue weighted by molar-refractivity contribution is 5.95. The third-order valence-electron chi connectivity index (χ3n) is 3.50. The second kappa shape index (κ2) is 7.26. The van der Waals surface area contributed by atoms with Crippen LogP contribution >= 0.6 is 0 Å². The fraction of sp³-hybridized carbons (Fsp3) is 0.600. The Morgan fingerprint density at radius 3 is 3.05 bits per heavy atom. The van der Waals surface area contributed by atoms with E-state index in [1.807, 2.05) is 11.9 Å². The summed E-state index contributed by atoms with van der Waals surface area (Å²) in [7, 11) is 1.90. The number of likely N-dealkylation sites (N-methyl/N-ethyl adjacent to an activating group) is 1. The first kappa shape index (κ1) is 15.6. The number of pyridine rings is 1. The van der Waals surface area contributed by atoms with Crippen LogP contribution in [-0.4, -0.2) is 43.9 Å². The molecule has 6 heteroatoms. The van der Waals surface area contributed by atoms with Crippen molar-refractivity contribution in [1.82, 2.24) is 4.98 Å². The highest BCUT2D eigenvalue weighted by Crippen LogP contribution is 2.22. The number of hydrogen-bond donors (Lipinski definition) is 1. The van der Waals surface area contributed by atoms with Gasteiger partial charge in [-0.3, -0.25) is 0 Å². The van der Waals surface area contributed by atoms with E-state index in [1.165, 1.54) is 6.42 Å². The van der Waals surface area contributed by atoms with Crippen LogP contribution < -0.4 is 10.6 Å². The third kappa shape index (κ3) is 4.07. The zero-order chi connectivity index (χ0) is 15.2. The second-order valence-corrected chi connectivity index (χ2v) is 5.23. The molecule has 0 saturated carbocycles. The highest BCUT2D eigenvalue weighted by Gasteiger charge is 2.21. The number of hydrogen-bond acceptors (Lipinski definition) is 6. The molecule has 2 heterocycles. The van der Waals surface area contributed by atoms with E-state index in [-0.39, 0.29) is 6.10 Å². The van der Waals surface area contributed by atoms with Crippen molar-refractivity contribution in [2.45, 2.75) is 32.3 Å². The maximum atomic E-state index is 12.0. The number of anilines is 2. The zero-order valence-electron chi connectivity index (χ0n) is 12.7. The number of nitrogens with zero attached hydrogens (tertiary/aromatic N) is 2. The van der Waals surface area contributed by atoms with Crippen molar-refractivity contribution in [3.63, 3.8) is 0 Å². The SMILES string of the molecule is CCOC(=O)c1cc(N)cnc1N(C)CC1CCCCO1. The van der Waals surface area contributed by atoms with Crippen molar-refractivity contribution in [1.29, 1.82) is 0 Å². The van der Waals surface area contributed by atoms with Gasteiger partial charge in [-0.05, 0) is 32.3 Å². The van der Waals surface area contributed by atoms with E-state index in [2.05, 4.69) is 4.98 Å². The number of ether oxygens (including phenoxy) is 2. The summed E-state index contributed by atoms with van der Waals surface area (Å²) in [5, 5.41) is 0. The van der Waals surface area contributed by atoms with E-state index in [4.69, 9.17) is 15.2 Å². The summed E-state index contributed by atoms with van der Waals surface area (Å²) in [4.78, 5) is 18.3. The van der Waals surface area contributed by atoms with E-state index in [0.29, 0.717) is 30.2 Å². The molecule has 6 nitrogen and oxygen atoms in total. The van der Waals surface area contributed by atoms with Gasteiger partial charge in [-0.2, -0.15) is 0 Å². The summed E-state index contributed by atoms with van der Waals surface area (Å²) in [5.41, 5.74) is 6.58. The quantitative estimate of drug-likeness (QED) is 0.835. The maximum absolute atomic E-state index is 12.0. The summed E-state index contributed by atoms with van der Waals surface area (Å²) in [5.74, 6) is 0.181. The molecule has 1 aromatic rings. The lowest BCUT2D eigenvalue weighted by Crippen LogP contribution is -2.34. The van der Waals surface area contributed by atoms with Gasteiger partial charge < -0.3 is 20.1 Å². The topological polar surface area (TPSA) is 77.7 Å². The molecule has 1 aliphatic rings. The Bertz CT molecular complexity index is 487. The Labute approximate surface area is 125 Å². The lowest BCUT2D eigenvalue weighted by Gasteiger charge is -2.28.